The summed E-state index contributed by atoms with van der Waals surface area (Å²) in [7, 11) is 1.64. The number of thiazole rings is 1. The molecule has 0 aliphatic heterocycles. The van der Waals surface area contributed by atoms with Crippen LogP contribution in [0.15, 0.2) is 18.2 Å². The van der Waals surface area contributed by atoms with Crippen LogP contribution in [0, 0.1) is 0 Å². The van der Waals surface area contributed by atoms with Crippen molar-refractivity contribution in [1.29, 1.82) is 0 Å². The maximum absolute atomic E-state index is 11.7. The molecule has 19 heavy (non-hydrogen) atoms. The van der Waals surface area contributed by atoms with E-state index in [2.05, 4.69) is 17.2 Å². The van der Waals surface area contributed by atoms with Crippen molar-refractivity contribution in [3.05, 3.63) is 18.2 Å². The van der Waals surface area contributed by atoms with E-state index in [0.717, 1.165) is 35.2 Å². The number of carbonyl (C=O) groups is 1. The van der Waals surface area contributed by atoms with Crippen LogP contribution in [0.3, 0.4) is 0 Å². The first-order valence-electron chi connectivity index (χ1n) is 6.47. The van der Waals surface area contributed by atoms with E-state index in [0.29, 0.717) is 11.6 Å². The first kappa shape index (κ1) is 13.8. The van der Waals surface area contributed by atoms with Gasteiger partial charge in [-0.3, -0.25) is 4.79 Å². The van der Waals surface area contributed by atoms with Gasteiger partial charge in [0, 0.05) is 6.42 Å². The maximum atomic E-state index is 11.7. The number of ether oxygens (including phenoxy) is 1. The molecule has 1 aromatic heterocycles. The fourth-order valence-corrected chi connectivity index (χ4v) is 2.71. The van der Waals surface area contributed by atoms with Crippen molar-refractivity contribution in [3.63, 3.8) is 0 Å². The molecule has 2 rings (SSSR count). The molecule has 0 atom stereocenters. The largest absolute Gasteiger partial charge is 0.497 e. The number of rotatable bonds is 6. The van der Waals surface area contributed by atoms with Crippen LogP contribution in [-0.4, -0.2) is 18.0 Å². The van der Waals surface area contributed by atoms with Gasteiger partial charge < -0.3 is 10.1 Å². The van der Waals surface area contributed by atoms with Crippen molar-refractivity contribution in [1.82, 2.24) is 4.98 Å². The summed E-state index contributed by atoms with van der Waals surface area (Å²) in [5.41, 5.74) is 0.884. The van der Waals surface area contributed by atoms with Crippen molar-refractivity contribution in [2.75, 3.05) is 12.4 Å². The van der Waals surface area contributed by atoms with Crippen LogP contribution in [0.5, 0.6) is 5.75 Å². The average molecular weight is 278 g/mol. The van der Waals surface area contributed by atoms with Crippen LogP contribution in [0.1, 0.15) is 32.6 Å². The zero-order valence-electron chi connectivity index (χ0n) is 11.2. The van der Waals surface area contributed by atoms with Gasteiger partial charge in [-0.2, -0.15) is 0 Å². The molecule has 0 aliphatic carbocycles. The molecule has 2 aromatic rings. The number of aromatic nitrogens is 1. The summed E-state index contributed by atoms with van der Waals surface area (Å²) >= 11 is 1.47. The predicted molar refractivity (Wildman–Crippen MR) is 78.9 cm³/mol. The van der Waals surface area contributed by atoms with E-state index in [1.807, 2.05) is 18.2 Å². The first-order chi connectivity index (χ1) is 9.22. The second-order valence-corrected chi connectivity index (χ2v) is 5.39. The van der Waals surface area contributed by atoms with Crippen LogP contribution in [0.2, 0.25) is 0 Å². The number of carbonyl (C=O) groups excluding carboxylic acids is 1. The van der Waals surface area contributed by atoms with Gasteiger partial charge in [0.25, 0.3) is 0 Å². The fourth-order valence-electron chi connectivity index (χ4n) is 1.80. The van der Waals surface area contributed by atoms with Crippen molar-refractivity contribution in [2.24, 2.45) is 0 Å². The van der Waals surface area contributed by atoms with Crippen LogP contribution in [0.25, 0.3) is 10.2 Å². The van der Waals surface area contributed by atoms with Gasteiger partial charge in [-0.05, 0) is 24.6 Å². The van der Waals surface area contributed by atoms with E-state index >= 15 is 0 Å². The van der Waals surface area contributed by atoms with Gasteiger partial charge in [-0.15, -0.1) is 0 Å². The van der Waals surface area contributed by atoms with Crippen LogP contribution < -0.4 is 10.1 Å². The highest BCUT2D eigenvalue weighted by Gasteiger charge is 2.08. The van der Waals surface area contributed by atoms with Gasteiger partial charge in [0.1, 0.15) is 5.75 Å². The van der Waals surface area contributed by atoms with Gasteiger partial charge in [-0.25, -0.2) is 4.98 Å². The molecule has 1 N–H and O–H groups in total. The highest BCUT2D eigenvalue weighted by molar-refractivity contribution is 7.22. The first-order valence-corrected chi connectivity index (χ1v) is 7.29. The molecule has 1 amide bonds. The number of anilines is 1. The average Bonchev–Trinajstić information content (AvgIpc) is 2.79. The standard InChI is InChI=1S/C14H18N2O2S/c1-3-4-5-6-13(17)16-14-15-11-8-7-10(18-2)9-12(11)19-14/h7-9H,3-6H2,1-2H3,(H,15,16,17). The zero-order chi connectivity index (χ0) is 13.7. The molecule has 0 bridgehead atoms. The van der Waals surface area contributed by atoms with E-state index in [9.17, 15) is 4.79 Å². The Hall–Kier alpha value is -1.62. The maximum Gasteiger partial charge on any atom is 0.226 e. The van der Waals surface area contributed by atoms with E-state index in [1.54, 1.807) is 7.11 Å². The number of benzene rings is 1. The molecule has 0 fully saturated rings. The van der Waals surface area contributed by atoms with Crippen molar-refractivity contribution in [2.45, 2.75) is 32.6 Å². The van der Waals surface area contributed by atoms with Crippen molar-refractivity contribution >= 4 is 32.6 Å². The van der Waals surface area contributed by atoms with E-state index in [1.165, 1.54) is 11.3 Å². The number of hydrogen-bond donors (Lipinski definition) is 1. The van der Waals surface area contributed by atoms with Gasteiger partial charge >= 0.3 is 0 Å². The number of nitrogens with one attached hydrogen (secondary N) is 1. The Labute approximate surface area is 116 Å². The lowest BCUT2D eigenvalue weighted by atomic mass is 10.2. The molecule has 0 radical (unpaired) electrons. The summed E-state index contributed by atoms with van der Waals surface area (Å²) < 4.78 is 6.19. The van der Waals surface area contributed by atoms with Gasteiger partial charge in [-0.1, -0.05) is 31.1 Å². The zero-order valence-corrected chi connectivity index (χ0v) is 12.0. The summed E-state index contributed by atoms with van der Waals surface area (Å²) in [6.45, 7) is 2.12. The minimum atomic E-state index is 0.0412. The lowest BCUT2D eigenvalue weighted by molar-refractivity contribution is -0.116. The van der Waals surface area contributed by atoms with Crippen LogP contribution in [-0.2, 0) is 4.79 Å². The summed E-state index contributed by atoms with van der Waals surface area (Å²) in [5, 5.41) is 3.51. The van der Waals surface area contributed by atoms with Gasteiger partial charge in [0.05, 0.1) is 17.3 Å². The molecular weight excluding hydrogens is 260 g/mol. The second-order valence-electron chi connectivity index (χ2n) is 4.36. The number of hydrogen-bond acceptors (Lipinski definition) is 4. The number of nitrogens with zero attached hydrogens (tertiary/aromatic N) is 1. The molecule has 1 heterocycles. The van der Waals surface area contributed by atoms with Crippen LogP contribution in [0.4, 0.5) is 5.13 Å². The molecule has 5 heteroatoms. The number of fused-ring (bicyclic) bond motifs is 1. The third kappa shape index (κ3) is 3.67. The molecule has 1 aromatic carbocycles. The Morgan fingerprint density at radius 3 is 3.00 bits per heavy atom. The topological polar surface area (TPSA) is 51.2 Å². The van der Waals surface area contributed by atoms with E-state index in [4.69, 9.17) is 4.74 Å². The summed E-state index contributed by atoms with van der Waals surface area (Å²) in [6.07, 6.45) is 3.70. The molecule has 0 saturated heterocycles. The Kier molecular flexibility index (Phi) is 4.74. The van der Waals surface area contributed by atoms with Gasteiger partial charge in [0.15, 0.2) is 5.13 Å². The van der Waals surface area contributed by atoms with E-state index in [-0.39, 0.29) is 5.91 Å². The van der Waals surface area contributed by atoms with Crippen LogP contribution >= 0.6 is 11.3 Å². The highest BCUT2D eigenvalue weighted by Crippen LogP contribution is 2.29. The smallest absolute Gasteiger partial charge is 0.226 e. The monoisotopic (exact) mass is 278 g/mol. The second kappa shape index (κ2) is 6.52. The Morgan fingerprint density at radius 1 is 1.42 bits per heavy atom. The molecule has 0 aliphatic rings. The van der Waals surface area contributed by atoms with Crippen molar-refractivity contribution in [3.8, 4) is 5.75 Å². The molecule has 0 saturated carbocycles. The lowest BCUT2D eigenvalue weighted by Crippen LogP contribution is -2.10. The molecule has 0 unspecified atom stereocenters. The highest BCUT2D eigenvalue weighted by atomic mass is 32.1. The number of methoxy groups -OCH3 is 1. The van der Waals surface area contributed by atoms with E-state index < -0.39 is 0 Å². The summed E-state index contributed by atoms with van der Waals surface area (Å²) in [5.74, 6) is 0.844. The fraction of sp³-hybridized carbons (Fsp3) is 0.429. The normalized spacial score (nSPS) is 10.6. The Bertz CT molecular complexity index is 566. The SMILES string of the molecule is CCCCCC(=O)Nc1nc2ccc(OC)cc2s1. The number of amides is 1. The minimum absolute atomic E-state index is 0.0412. The molecule has 0 spiro atoms. The minimum Gasteiger partial charge on any atom is -0.497 e. The summed E-state index contributed by atoms with van der Waals surface area (Å²) in [4.78, 5) is 16.1. The third-order valence-electron chi connectivity index (χ3n) is 2.85. The lowest BCUT2D eigenvalue weighted by Gasteiger charge is -1.99. The molecule has 4 nitrogen and oxygen atoms in total. The third-order valence-corrected chi connectivity index (χ3v) is 3.78. The predicted octanol–water partition coefficient (Wildman–Crippen LogP) is 3.82. The van der Waals surface area contributed by atoms with Crippen molar-refractivity contribution < 1.29 is 9.53 Å². The summed E-state index contributed by atoms with van der Waals surface area (Å²) in [6, 6.07) is 5.70. The Balaban J connectivity index is 2.02. The number of unbranched alkanes of at least 4 members (excludes halogenated alkanes) is 2. The molecule has 102 valence electrons. The molecular formula is C14H18N2O2S. The quantitative estimate of drug-likeness (QED) is 0.817. The Morgan fingerprint density at radius 2 is 2.26 bits per heavy atom. The van der Waals surface area contributed by atoms with Gasteiger partial charge in [0.2, 0.25) is 5.91 Å².